The van der Waals surface area contributed by atoms with E-state index in [9.17, 15) is 50.8 Å². The summed E-state index contributed by atoms with van der Waals surface area (Å²) >= 11 is 0. The number of hydrogen-bond acceptors (Lipinski definition) is 19. The van der Waals surface area contributed by atoms with E-state index in [-0.39, 0.29) is 42.6 Å². The Kier molecular flexibility index (Phi) is 14.7. The van der Waals surface area contributed by atoms with Crippen molar-refractivity contribution < 1.29 is 93.4 Å². The van der Waals surface area contributed by atoms with Crippen LogP contribution in [0.15, 0.2) is 42.5 Å². The second-order valence-electron chi connectivity index (χ2n) is 13.2. The first-order chi connectivity index (χ1) is 26.2. The lowest BCUT2D eigenvalue weighted by Gasteiger charge is -2.47. The molecule has 3 saturated heterocycles. The van der Waals surface area contributed by atoms with E-state index in [1.807, 2.05) is 0 Å². The molecule has 55 heavy (non-hydrogen) atoms. The van der Waals surface area contributed by atoms with Crippen LogP contribution in [-0.2, 0) is 44.4 Å². The average molecular weight is 785 g/mol. The van der Waals surface area contributed by atoms with Crippen LogP contribution in [0.2, 0.25) is 0 Å². The number of phenolic OH excluding ortho intramolecular Hbond substituents is 2. The van der Waals surface area contributed by atoms with E-state index >= 15 is 0 Å². The third kappa shape index (κ3) is 10.2. The minimum absolute atomic E-state index is 0.101. The molecular formula is C36H48O19. The minimum Gasteiger partial charge on any atom is -0.504 e. The van der Waals surface area contributed by atoms with Gasteiger partial charge in [-0.15, -0.1) is 0 Å². The molecule has 0 amide bonds. The third-order valence-corrected chi connectivity index (χ3v) is 9.38. The van der Waals surface area contributed by atoms with Crippen molar-refractivity contribution in [2.24, 2.45) is 0 Å². The van der Waals surface area contributed by atoms with Gasteiger partial charge in [0.05, 0.1) is 40.1 Å². The Labute approximate surface area is 315 Å². The van der Waals surface area contributed by atoms with Crippen LogP contribution in [0, 0.1) is 0 Å². The van der Waals surface area contributed by atoms with Gasteiger partial charge in [-0.3, -0.25) is 0 Å². The molecule has 0 aliphatic carbocycles. The largest absolute Gasteiger partial charge is 0.504 e. The fourth-order valence-electron chi connectivity index (χ4n) is 6.18. The normalized spacial score (nSPS) is 35.4. The van der Waals surface area contributed by atoms with E-state index in [1.54, 1.807) is 12.1 Å². The molecule has 3 fully saturated rings. The van der Waals surface area contributed by atoms with Crippen LogP contribution in [0.1, 0.15) is 18.1 Å². The number of carbonyl (C=O) groups is 1. The molecule has 0 unspecified atom stereocenters. The van der Waals surface area contributed by atoms with Crippen LogP contribution in [0.5, 0.6) is 23.0 Å². The van der Waals surface area contributed by atoms with Gasteiger partial charge >= 0.3 is 5.97 Å². The number of aromatic hydroxyl groups is 2. The molecule has 9 N–H and O–H groups in total. The Balaban J connectivity index is 1.42. The Morgan fingerprint density at radius 1 is 0.764 bits per heavy atom. The monoisotopic (exact) mass is 784 g/mol. The summed E-state index contributed by atoms with van der Waals surface area (Å²) in [6.07, 6.45) is -19.4. The lowest BCUT2D eigenvalue weighted by molar-refractivity contribution is -0.362. The van der Waals surface area contributed by atoms with E-state index in [0.717, 1.165) is 6.08 Å². The van der Waals surface area contributed by atoms with E-state index in [1.165, 1.54) is 51.5 Å². The molecule has 0 bridgehead atoms. The summed E-state index contributed by atoms with van der Waals surface area (Å²) in [4.78, 5) is 13.4. The van der Waals surface area contributed by atoms with E-state index in [4.69, 9.17) is 42.6 Å². The molecule has 0 spiro atoms. The lowest BCUT2D eigenvalue weighted by Crippen LogP contribution is -2.65. The highest BCUT2D eigenvalue weighted by molar-refractivity contribution is 5.87. The summed E-state index contributed by atoms with van der Waals surface area (Å²) in [5, 5.41) is 93.9. The van der Waals surface area contributed by atoms with Gasteiger partial charge in [0, 0.05) is 6.08 Å². The van der Waals surface area contributed by atoms with Gasteiger partial charge in [-0.2, -0.15) is 0 Å². The van der Waals surface area contributed by atoms with Crippen LogP contribution in [-0.4, -0.2) is 172 Å². The van der Waals surface area contributed by atoms with Crippen LogP contribution in [0.4, 0.5) is 0 Å². The summed E-state index contributed by atoms with van der Waals surface area (Å²) in [6.45, 7) is 0.361. The fourth-order valence-corrected chi connectivity index (χ4v) is 6.18. The van der Waals surface area contributed by atoms with E-state index < -0.39 is 98.6 Å². The number of aliphatic hydroxyl groups is 7. The molecule has 0 aromatic heterocycles. The van der Waals surface area contributed by atoms with Crippen LogP contribution >= 0.6 is 0 Å². The van der Waals surface area contributed by atoms with Crippen molar-refractivity contribution in [1.29, 1.82) is 0 Å². The predicted molar refractivity (Wildman–Crippen MR) is 183 cm³/mol. The van der Waals surface area contributed by atoms with Crippen molar-refractivity contribution in [3.63, 3.8) is 0 Å². The van der Waals surface area contributed by atoms with Crippen molar-refractivity contribution >= 4 is 12.0 Å². The topological polar surface area (TPSA) is 282 Å². The zero-order chi connectivity index (χ0) is 40.0. The number of phenols is 2. The van der Waals surface area contributed by atoms with Crippen molar-refractivity contribution in [2.45, 2.75) is 99.4 Å². The number of esters is 1. The van der Waals surface area contributed by atoms with Crippen LogP contribution in [0.25, 0.3) is 6.08 Å². The van der Waals surface area contributed by atoms with Gasteiger partial charge in [-0.1, -0.05) is 12.1 Å². The quantitative estimate of drug-likeness (QED) is 0.0744. The van der Waals surface area contributed by atoms with Gasteiger partial charge in [-0.05, 0) is 54.8 Å². The Bertz CT molecular complexity index is 1590. The van der Waals surface area contributed by atoms with Gasteiger partial charge in [0.15, 0.2) is 48.0 Å². The molecule has 5 rings (SSSR count). The maximum absolute atomic E-state index is 13.4. The highest BCUT2D eigenvalue weighted by Crippen LogP contribution is 2.33. The maximum atomic E-state index is 13.4. The molecule has 306 valence electrons. The number of benzene rings is 2. The van der Waals surface area contributed by atoms with Crippen LogP contribution in [0.3, 0.4) is 0 Å². The van der Waals surface area contributed by atoms with Gasteiger partial charge < -0.3 is 88.6 Å². The number of aliphatic hydroxyl groups excluding tert-OH is 7. The minimum atomic E-state index is -1.84. The molecule has 19 heteroatoms. The highest BCUT2D eigenvalue weighted by Gasteiger charge is 2.53. The highest BCUT2D eigenvalue weighted by atomic mass is 16.8. The van der Waals surface area contributed by atoms with Crippen molar-refractivity contribution in [2.75, 3.05) is 34.0 Å². The molecule has 14 atom stereocenters. The second kappa shape index (κ2) is 19.0. The number of rotatable bonds is 14. The van der Waals surface area contributed by atoms with Crippen molar-refractivity contribution in [3.05, 3.63) is 53.6 Å². The Morgan fingerprint density at radius 2 is 1.49 bits per heavy atom. The number of carbonyl (C=O) groups excluding carboxylic acids is 1. The maximum Gasteiger partial charge on any atom is 0.331 e. The zero-order valence-corrected chi connectivity index (χ0v) is 30.1. The summed E-state index contributed by atoms with van der Waals surface area (Å²) < 4.78 is 50.6. The number of hydrogen-bond donors (Lipinski definition) is 9. The SMILES string of the molecule is COc1ccc(CCO[C@@H]2O[C@H](CO[C@@H]3OC[C@H](O)[C@H](O)[C@H]3O)[C@@H](OC(=O)/C=C\c3ccc(O)c(OC)c3)[C@H](O[C@@H]3O[C@@H](C)[C@H](O)[C@@H](O)[C@H]3O)[C@H]2O)cc1O. The third-order valence-electron chi connectivity index (χ3n) is 9.38. The van der Waals surface area contributed by atoms with Crippen molar-refractivity contribution in [3.8, 4) is 23.0 Å². The smallest absolute Gasteiger partial charge is 0.331 e. The lowest BCUT2D eigenvalue weighted by atomic mass is 9.96. The first kappa shape index (κ1) is 42.5. The summed E-state index contributed by atoms with van der Waals surface area (Å²) in [5.41, 5.74) is 1.06. The predicted octanol–water partition coefficient (Wildman–Crippen LogP) is -1.95. The van der Waals surface area contributed by atoms with Crippen molar-refractivity contribution in [1.82, 2.24) is 0 Å². The van der Waals surface area contributed by atoms with Crippen LogP contribution < -0.4 is 9.47 Å². The summed E-state index contributed by atoms with van der Waals surface area (Å²) in [5.74, 6) is -0.848. The first-order valence-electron chi connectivity index (χ1n) is 17.4. The Morgan fingerprint density at radius 3 is 2.20 bits per heavy atom. The first-order valence-corrected chi connectivity index (χ1v) is 17.4. The standard InChI is InChI=1S/C36H48O19/c1-16-26(41)28(43)30(45)36(52-16)55-33-31(46)35(49-11-10-18-5-8-22(47-2)20(38)12-18)53-24(15-51-34-29(44)27(42)21(39)14-50-34)32(33)54-25(40)9-6-17-4-7-19(37)23(13-17)48-3/h4-9,12-13,16,21,24,26-39,41-46H,10-11,14-15H2,1-3H3/b9-6-/t16-,21-,24+,26-,27-,28+,29+,30+,31+,32+,33+,34-,35+,36-/m0/s1. The van der Waals surface area contributed by atoms with Gasteiger partial charge in [0.1, 0.15) is 54.9 Å². The molecule has 0 saturated carbocycles. The number of methoxy groups -OCH3 is 2. The molecule has 2 aromatic carbocycles. The molecule has 3 heterocycles. The average Bonchev–Trinajstić information content (AvgIpc) is 3.17. The van der Waals surface area contributed by atoms with Gasteiger partial charge in [-0.25, -0.2) is 4.79 Å². The molecule has 3 aliphatic rings. The van der Waals surface area contributed by atoms with E-state index in [2.05, 4.69) is 0 Å². The zero-order valence-electron chi connectivity index (χ0n) is 30.1. The fraction of sp³-hybridized carbons (Fsp3) is 0.583. The molecule has 19 nitrogen and oxygen atoms in total. The molecule has 0 radical (unpaired) electrons. The molecule has 3 aliphatic heterocycles. The summed E-state index contributed by atoms with van der Waals surface area (Å²) in [7, 11) is 2.75. The molecule has 2 aromatic rings. The molecular weight excluding hydrogens is 736 g/mol. The second-order valence-corrected chi connectivity index (χ2v) is 13.2. The van der Waals surface area contributed by atoms with E-state index in [0.29, 0.717) is 11.1 Å². The van der Waals surface area contributed by atoms with Gasteiger partial charge in [0.2, 0.25) is 0 Å². The van der Waals surface area contributed by atoms with Gasteiger partial charge in [0.25, 0.3) is 0 Å². The number of ether oxygens (including phenoxy) is 9. The Hall–Kier alpha value is -3.67. The summed E-state index contributed by atoms with van der Waals surface area (Å²) in [6, 6.07) is 9.00.